The molecule has 1 aromatic carbocycles. The van der Waals surface area contributed by atoms with E-state index in [1.807, 2.05) is 6.07 Å². The summed E-state index contributed by atoms with van der Waals surface area (Å²) in [5, 5.41) is 14.2. The standard InChI is InChI=1S/C13H13FN6O/c1-3-21-13-19-11(16-2)18-12(20-13)17-10-5-4-8(7-15)6-9(10)14/h4-6H,3H2,1-2H3,(H2,16,17,18,19,20). The molecule has 1 heterocycles. The number of nitrogens with one attached hydrogen (secondary N) is 2. The van der Waals surface area contributed by atoms with Gasteiger partial charge in [0.15, 0.2) is 0 Å². The van der Waals surface area contributed by atoms with E-state index >= 15 is 0 Å². The number of hydrogen-bond acceptors (Lipinski definition) is 7. The molecule has 0 radical (unpaired) electrons. The van der Waals surface area contributed by atoms with Crippen molar-refractivity contribution in [1.29, 1.82) is 5.26 Å². The van der Waals surface area contributed by atoms with Crippen LogP contribution >= 0.6 is 0 Å². The first kappa shape index (κ1) is 14.5. The summed E-state index contributed by atoms with van der Waals surface area (Å²) >= 11 is 0. The predicted octanol–water partition coefficient (Wildman–Crippen LogP) is 2.07. The molecule has 2 aromatic rings. The molecule has 1 aromatic heterocycles. The molecule has 2 N–H and O–H groups in total. The molecule has 0 saturated carbocycles. The highest BCUT2D eigenvalue weighted by molar-refractivity contribution is 5.56. The van der Waals surface area contributed by atoms with Gasteiger partial charge in [-0.15, -0.1) is 0 Å². The number of anilines is 3. The van der Waals surface area contributed by atoms with Crippen LogP contribution in [0.15, 0.2) is 18.2 Å². The first-order valence-corrected chi connectivity index (χ1v) is 6.19. The van der Waals surface area contributed by atoms with Gasteiger partial charge in [0.05, 0.1) is 23.9 Å². The Balaban J connectivity index is 2.30. The largest absolute Gasteiger partial charge is 0.464 e. The molecule has 21 heavy (non-hydrogen) atoms. The minimum absolute atomic E-state index is 0.133. The van der Waals surface area contributed by atoms with E-state index in [2.05, 4.69) is 25.6 Å². The van der Waals surface area contributed by atoms with Crippen molar-refractivity contribution in [2.24, 2.45) is 0 Å². The third-order valence-corrected chi connectivity index (χ3v) is 2.46. The molecule has 0 fully saturated rings. The molecule has 0 amide bonds. The van der Waals surface area contributed by atoms with Gasteiger partial charge in [-0.3, -0.25) is 0 Å². The third-order valence-electron chi connectivity index (χ3n) is 2.46. The fourth-order valence-electron chi connectivity index (χ4n) is 1.52. The number of aromatic nitrogens is 3. The summed E-state index contributed by atoms with van der Waals surface area (Å²) in [6.45, 7) is 2.20. The van der Waals surface area contributed by atoms with Crippen molar-refractivity contribution in [3.05, 3.63) is 29.6 Å². The van der Waals surface area contributed by atoms with Crippen LogP contribution in [0.4, 0.5) is 22.0 Å². The van der Waals surface area contributed by atoms with Crippen molar-refractivity contribution in [2.75, 3.05) is 24.3 Å². The molecule has 0 bridgehead atoms. The number of nitriles is 1. The summed E-state index contributed by atoms with van der Waals surface area (Å²) in [5.41, 5.74) is 0.393. The molecule has 8 heteroatoms. The van der Waals surface area contributed by atoms with E-state index in [-0.39, 0.29) is 23.2 Å². The van der Waals surface area contributed by atoms with Crippen LogP contribution in [0.3, 0.4) is 0 Å². The number of benzene rings is 1. The molecular formula is C13H13FN6O. The summed E-state index contributed by atoms with van der Waals surface area (Å²) in [6, 6.07) is 6.06. The second-order valence-corrected chi connectivity index (χ2v) is 3.88. The lowest BCUT2D eigenvalue weighted by molar-refractivity contribution is 0.312. The first-order chi connectivity index (χ1) is 10.2. The zero-order valence-corrected chi connectivity index (χ0v) is 11.5. The zero-order chi connectivity index (χ0) is 15.2. The number of rotatable bonds is 5. The lowest BCUT2D eigenvalue weighted by Gasteiger charge is -2.09. The van der Waals surface area contributed by atoms with Gasteiger partial charge in [0.1, 0.15) is 5.82 Å². The monoisotopic (exact) mass is 288 g/mol. The Bertz CT molecular complexity index is 685. The highest BCUT2D eigenvalue weighted by Crippen LogP contribution is 2.20. The smallest absolute Gasteiger partial charge is 0.323 e. The van der Waals surface area contributed by atoms with Crippen molar-refractivity contribution < 1.29 is 9.13 Å². The summed E-state index contributed by atoms with van der Waals surface area (Å²) < 4.78 is 19.0. The normalized spacial score (nSPS) is 9.81. The summed E-state index contributed by atoms with van der Waals surface area (Å²) in [5.74, 6) is -0.134. The van der Waals surface area contributed by atoms with Gasteiger partial charge in [0, 0.05) is 7.05 Å². The van der Waals surface area contributed by atoms with Crippen LogP contribution in [0.25, 0.3) is 0 Å². The molecule has 0 spiro atoms. The van der Waals surface area contributed by atoms with Gasteiger partial charge in [-0.25, -0.2) is 4.39 Å². The SMILES string of the molecule is CCOc1nc(NC)nc(Nc2ccc(C#N)cc2F)n1. The number of hydrogen-bond donors (Lipinski definition) is 2. The van der Waals surface area contributed by atoms with Crippen molar-refractivity contribution in [1.82, 2.24) is 15.0 Å². The number of nitrogens with zero attached hydrogens (tertiary/aromatic N) is 4. The quantitative estimate of drug-likeness (QED) is 0.869. The van der Waals surface area contributed by atoms with Gasteiger partial charge in [0.2, 0.25) is 11.9 Å². The minimum atomic E-state index is -0.571. The third kappa shape index (κ3) is 3.54. The Morgan fingerprint density at radius 3 is 2.67 bits per heavy atom. The maximum atomic E-state index is 13.8. The summed E-state index contributed by atoms with van der Waals surface area (Å²) in [7, 11) is 1.65. The van der Waals surface area contributed by atoms with E-state index in [0.29, 0.717) is 12.6 Å². The zero-order valence-electron chi connectivity index (χ0n) is 11.5. The molecule has 0 aliphatic rings. The van der Waals surface area contributed by atoms with Crippen molar-refractivity contribution in [3.63, 3.8) is 0 Å². The van der Waals surface area contributed by atoms with Crippen LogP contribution in [-0.2, 0) is 0 Å². The van der Waals surface area contributed by atoms with Gasteiger partial charge in [-0.2, -0.15) is 20.2 Å². The van der Waals surface area contributed by atoms with Crippen LogP contribution < -0.4 is 15.4 Å². The second kappa shape index (κ2) is 6.47. The maximum Gasteiger partial charge on any atom is 0.323 e. The van der Waals surface area contributed by atoms with Gasteiger partial charge in [-0.1, -0.05) is 0 Å². The molecular weight excluding hydrogens is 275 g/mol. The predicted molar refractivity (Wildman–Crippen MR) is 74.9 cm³/mol. The molecule has 7 nitrogen and oxygen atoms in total. The summed E-state index contributed by atoms with van der Waals surface area (Å²) in [6.07, 6.45) is 0. The summed E-state index contributed by atoms with van der Waals surface area (Å²) in [4.78, 5) is 12.1. The van der Waals surface area contributed by atoms with E-state index in [1.54, 1.807) is 14.0 Å². The van der Waals surface area contributed by atoms with E-state index in [4.69, 9.17) is 10.00 Å². The molecule has 108 valence electrons. The van der Waals surface area contributed by atoms with E-state index in [9.17, 15) is 4.39 Å². The Hall–Kier alpha value is -2.95. The first-order valence-electron chi connectivity index (χ1n) is 6.19. The Kier molecular flexibility index (Phi) is 4.46. The molecule has 0 aliphatic heterocycles. The Morgan fingerprint density at radius 1 is 1.29 bits per heavy atom. The van der Waals surface area contributed by atoms with Gasteiger partial charge in [0.25, 0.3) is 0 Å². The molecule has 0 saturated heterocycles. The minimum Gasteiger partial charge on any atom is -0.464 e. The highest BCUT2D eigenvalue weighted by Gasteiger charge is 2.09. The lowest BCUT2D eigenvalue weighted by atomic mass is 10.2. The average Bonchev–Trinajstić information content (AvgIpc) is 2.49. The van der Waals surface area contributed by atoms with E-state index < -0.39 is 5.82 Å². The van der Waals surface area contributed by atoms with Crippen LogP contribution in [0, 0.1) is 17.1 Å². The topological polar surface area (TPSA) is 95.8 Å². The molecule has 0 aliphatic carbocycles. The second-order valence-electron chi connectivity index (χ2n) is 3.88. The van der Waals surface area contributed by atoms with E-state index in [1.165, 1.54) is 12.1 Å². The number of halogens is 1. The maximum absolute atomic E-state index is 13.8. The van der Waals surface area contributed by atoms with Gasteiger partial charge < -0.3 is 15.4 Å². The van der Waals surface area contributed by atoms with Crippen molar-refractivity contribution >= 4 is 17.6 Å². The fraction of sp³-hybridized carbons (Fsp3) is 0.231. The number of ether oxygens (including phenoxy) is 1. The van der Waals surface area contributed by atoms with E-state index in [0.717, 1.165) is 6.07 Å². The van der Waals surface area contributed by atoms with Crippen LogP contribution in [-0.4, -0.2) is 28.6 Å². The lowest BCUT2D eigenvalue weighted by Crippen LogP contribution is -2.07. The van der Waals surface area contributed by atoms with Crippen LogP contribution in [0.5, 0.6) is 6.01 Å². The van der Waals surface area contributed by atoms with Crippen molar-refractivity contribution in [2.45, 2.75) is 6.92 Å². The van der Waals surface area contributed by atoms with Gasteiger partial charge >= 0.3 is 6.01 Å². The molecule has 0 unspecified atom stereocenters. The van der Waals surface area contributed by atoms with Gasteiger partial charge in [-0.05, 0) is 25.1 Å². The Morgan fingerprint density at radius 2 is 2.05 bits per heavy atom. The van der Waals surface area contributed by atoms with Crippen LogP contribution in [0.1, 0.15) is 12.5 Å². The average molecular weight is 288 g/mol. The molecule has 2 rings (SSSR count). The van der Waals surface area contributed by atoms with Crippen molar-refractivity contribution in [3.8, 4) is 12.1 Å². The van der Waals surface area contributed by atoms with Crippen LogP contribution in [0.2, 0.25) is 0 Å². The fourth-order valence-corrected chi connectivity index (χ4v) is 1.52. The molecule has 0 atom stereocenters. The Labute approximate surface area is 120 Å². The highest BCUT2D eigenvalue weighted by atomic mass is 19.1.